The molecule has 4 heteroatoms. The van der Waals surface area contributed by atoms with Crippen molar-refractivity contribution in [3.63, 3.8) is 0 Å². The number of para-hydroxylation sites is 1. The topological polar surface area (TPSA) is 29.1 Å². The molecule has 1 N–H and O–H groups in total. The van der Waals surface area contributed by atoms with Crippen molar-refractivity contribution in [2.24, 2.45) is 0 Å². The summed E-state index contributed by atoms with van der Waals surface area (Å²) in [6.45, 7) is 2.08. The Bertz CT molecular complexity index is 467. The van der Waals surface area contributed by atoms with Gasteiger partial charge in [-0.3, -0.25) is 4.79 Å². The molecule has 1 aromatic rings. The van der Waals surface area contributed by atoms with E-state index in [1.54, 1.807) is 0 Å². The molecular formula is C17H23NOS2. The monoisotopic (exact) mass is 321 g/mol. The fourth-order valence-corrected chi connectivity index (χ4v) is 5.74. The molecule has 0 spiro atoms. The van der Waals surface area contributed by atoms with E-state index in [0.29, 0.717) is 6.42 Å². The van der Waals surface area contributed by atoms with E-state index in [2.05, 4.69) is 24.4 Å². The van der Waals surface area contributed by atoms with E-state index < -0.39 is 0 Å². The normalized spacial score (nSPS) is 17.8. The summed E-state index contributed by atoms with van der Waals surface area (Å²) in [4.78, 5) is 12.0. The SMILES string of the molecule is C/C=C/C1(CCCC(=O)Nc2ccccc2)SCCCS1. The Balaban J connectivity index is 1.78. The van der Waals surface area contributed by atoms with Crippen LogP contribution < -0.4 is 5.32 Å². The maximum absolute atomic E-state index is 12.0. The van der Waals surface area contributed by atoms with Gasteiger partial charge in [0.05, 0.1) is 4.08 Å². The van der Waals surface area contributed by atoms with Crippen LogP contribution in [0.3, 0.4) is 0 Å². The Hall–Kier alpha value is -0.870. The van der Waals surface area contributed by atoms with Crippen LogP contribution in [0.5, 0.6) is 0 Å². The predicted molar refractivity (Wildman–Crippen MR) is 96.0 cm³/mol. The van der Waals surface area contributed by atoms with Gasteiger partial charge < -0.3 is 5.32 Å². The molecule has 1 fully saturated rings. The van der Waals surface area contributed by atoms with Crippen LogP contribution in [0.2, 0.25) is 0 Å². The Morgan fingerprint density at radius 1 is 1.29 bits per heavy atom. The molecule has 2 nitrogen and oxygen atoms in total. The minimum Gasteiger partial charge on any atom is -0.326 e. The zero-order valence-electron chi connectivity index (χ0n) is 12.5. The van der Waals surface area contributed by atoms with Gasteiger partial charge >= 0.3 is 0 Å². The van der Waals surface area contributed by atoms with E-state index in [4.69, 9.17) is 0 Å². The van der Waals surface area contributed by atoms with Crippen molar-refractivity contribution >= 4 is 35.1 Å². The summed E-state index contributed by atoms with van der Waals surface area (Å²) in [5.41, 5.74) is 0.882. The molecule has 1 saturated heterocycles. The Morgan fingerprint density at radius 3 is 2.67 bits per heavy atom. The molecule has 114 valence electrons. The number of benzene rings is 1. The molecule has 1 aliphatic heterocycles. The number of amides is 1. The van der Waals surface area contributed by atoms with Gasteiger partial charge in [-0.25, -0.2) is 0 Å². The van der Waals surface area contributed by atoms with Crippen LogP contribution in [0.1, 0.15) is 32.6 Å². The average molecular weight is 322 g/mol. The van der Waals surface area contributed by atoms with E-state index in [1.807, 2.05) is 53.9 Å². The summed E-state index contributed by atoms with van der Waals surface area (Å²) >= 11 is 4.07. The fraction of sp³-hybridized carbons (Fsp3) is 0.471. The highest BCUT2D eigenvalue weighted by atomic mass is 32.2. The number of hydrogen-bond acceptors (Lipinski definition) is 3. The molecule has 0 radical (unpaired) electrons. The molecule has 0 bridgehead atoms. The molecule has 0 unspecified atom stereocenters. The van der Waals surface area contributed by atoms with Crippen LogP contribution in [0.4, 0.5) is 5.69 Å². The summed E-state index contributed by atoms with van der Waals surface area (Å²) in [5, 5.41) is 2.95. The first-order chi connectivity index (χ1) is 10.2. The third-order valence-corrected chi connectivity index (χ3v) is 6.74. The van der Waals surface area contributed by atoms with Crippen LogP contribution in [-0.4, -0.2) is 21.5 Å². The predicted octanol–water partition coefficient (Wildman–Crippen LogP) is 4.94. The van der Waals surface area contributed by atoms with Crippen molar-refractivity contribution in [3.05, 3.63) is 42.5 Å². The number of nitrogens with one attached hydrogen (secondary N) is 1. The van der Waals surface area contributed by atoms with Crippen LogP contribution in [0.15, 0.2) is 42.5 Å². The second-order valence-corrected chi connectivity index (χ2v) is 8.24. The maximum Gasteiger partial charge on any atom is 0.224 e. The van der Waals surface area contributed by atoms with Crippen LogP contribution in [0, 0.1) is 0 Å². The summed E-state index contributed by atoms with van der Waals surface area (Å²) in [7, 11) is 0. The van der Waals surface area contributed by atoms with E-state index in [0.717, 1.165) is 18.5 Å². The highest BCUT2D eigenvalue weighted by Crippen LogP contribution is 2.46. The van der Waals surface area contributed by atoms with Crippen LogP contribution in [-0.2, 0) is 4.79 Å². The van der Waals surface area contributed by atoms with Crippen LogP contribution >= 0.6 is 23.5 Å². The van der Waals surface area contributed by atoms with Gasteiger partial charge in [0.15, 0.2) is 0 Å². The van der Waals surface area contributed by atoms with E-state index in [9.17, 15) is 4.79 Å². The van der Waals surface area contributed by atoms with Gasteiger partial charge in [-0.1, -0.05) is 30.4 Å². The van der Waals surface area contributed by atoms with Gasteiger partial charge in [0, 0.05) is 12.1 Å². The minimum absolute atomic E-state index is 0.114. The van der Waals surface area contributed by atoms with Crippen molar-refractivity contribution in [2.75, 3.05) is 16.8 Å². The van der Waals surface area contributed by atoms with E-state index in [1.165, 1.54) is 17.9 Å². The molecule has 1 heterocycles. The third kappa shape index (κ3) is 5.44. The number of anilines is 1. The van der Waals surface area contributed by atoms with Crippen molar-refractivity contribution in [3.8, 4) is 0 Å². The Morgan fingerprint density at radius 2 is 2.00 bits per heavy atom. The smallest absolute Gasteiger partial charge is 0.224 e. The zero-order valence-corrected chi connectivity index (χ0v) is 14.1. The second kappa shape index (κ2) is 8.54. The zero-order chi connectivity index (χ0) is 15.0. The van der Waals surface area contributed by atoms with Gasteiger partial charge in [0.25, 0.3) is 0 Å². The molecule has 0 atom stereocenters. The van der Waals surface area contributed by atoms with Crippen molar-refractivity contribution in [1.82, 2.24) is 0 Å². The largest absolute Gasteiger partial charge is 0.326 e. The van der Waals surface area contributed by atoms with E-state index >= 15 is 0 Å². The van der Waals surface area contributed by atoms with Crippen molar-refractivity contribution in [2.45, 2.75) is 36.7 Å². The lowest BCUT2D eigenvalue weighted by Gasteiger charge is -2.33. The number of rotatable bonds is 6. The average Bonchev–Trinajstić information content (AvgIpc) is 2.49. The molecular weight excluding hydrogens is 298 g/mol. The first-order valence-electron chi connectivity index (χ1n) is 7.51. The first kappa shape index (κ1) is 16.5. The van der Waals surface area contributed by atoms with Crippen LogP contribution in [0.25, 0.3) is 0 Å². The highest BCUT2D eigenvalue weighted by molar-refractivity contribution is 8.19. The minimum atomic E-state index is 0.114. The van der Waals surface area contributed by atoms with Crippen molar-refractivity contribution in [1.29, 1.82) is 0 Å². The number of thioether (sulfide) groups is 2. The molecule has 0 saturated carbocycles. The highest BCUT2D eigenvalue weighted by Gasteiger charge is 2.30. The third-order valence-electron chi connectivity index (χ3n) is 3.39. The lowest BCUT2D eigenvalue weighted by molar-refractivity contribution is -0.116. The Labute approximate surface area is 136 Å². The molecule has 1 amide bonds. The fourth-order valence-electron chi connectivity index (χ4n) is 2.41. The molecule has 1 aliphatic rings. The molecule has 1 aromatic carbocycles. The van der Waals surface area contributed by atoms with Gasteiger partial charge in [-0.2, -0.15) is 0 Å². The quantitative estimate of drug-likeness (QED) is 0.753. The van der Waals surface area contributed by atoms with Gasteiger partial charge in [0.2, 0.25) is 5.91 Å². The van der Waals surface area contributed by atoms with Gasteiger partial charge in [-0.05, 0) is 49.8 Å². The molecule has 2 rings (SSSR count). The summed E-state index contributed by atoms with van der Waals surface area (Å²) in [5.74, 6) is 2.57. The number of carbonyl (C=O) groups excluding carboxylic acids is 1. The number of hydrogen-bond donors (Lipinski definition) is 1. The first-order valence-corrected chi connectivity index (χ1v) is 9.48. The lowest BCUT2D eigenvalue weighted by Crippen LogP contribution is -2.23. The molecule has 0 aliphatic carbocycles. The lowest BCUT2D eigenvalue weighted by atomic mass is 10.1. The van der Waals surface area contributed by atoms with Gasteiger partial charge in [0.1, 0.15) is 0 Å². The summed E-state index contributed by atoms with van der Waals surface area (Å²) in [6, 6.07) is 9.67. The standard InChI is InChI=1S/C17H23NOS2/c1-2-11-17(20-13-7-14-21-17)12-6-10-16(19)18-15-8-4-3-5-9-15/h2-5,8-9,11H,6-7,10,12-14H2,1H3,(H,18,19)/b11-2+. The Kier molecular flexibility index (Phi) is 6.71. The summed E-state index contributed by atoms with van der Waals surface area (Å²) < 4.78 is 0.194. The van der Waals surface area contributed by atoms with E-state index in [-0.39, 0.29) is 9.99 Å². The number of carbonyl (C=O) groups is 1. The summed E-state index contributed by atoms with van der Waals surface area (Å²) in [6.07, 6.45) is 8.35. The van der Waals surface area contributed by atoms with Crippen molar-refractivity contribution < 1.29 is 4.79 Å². The molecule has 21 heavy (non-hydrogen) atoms. The van der Waals surface area contributed by atoms with Gasteiger partial charge in [-0.15, -0.1) is 23.5 Å². The maximum atomic E-state index is 12.0. The number of allylic oxidation sites excluding steroid dienone is 1. The second-order valence-electron chi connectivity index (χ2n) is 5.13. The molecule has 0 aromatic heterocycles.